The summed E-state index contributed by atoms with van der Waals surface area (Å²) in [6.07, 6.45) is 2.38. The second kappa shape index (κ2) is 6.12. The van der Waals surface area contributed by atoms with Gasteiger partial charge in [0.2, 0.25) is 5.91 Å². The van der Waals surface area contributed by atoms with Gasteiger partial charge in [-0.05, 0) is 12.1 Å². The first-order chi connectivity index (χ1) is 12.6. The molecule has 1 aromatic carbocycles. The molecule has 3 aromatic rings. The van der Waals surface area contributed by atoms with E-state index in [-0.39, 0.29) is 11.7 Å². The van der Waals surface area contributed by atoms with Gasteiger partial charge in [-0.1, -0.05) is 18.2 Å². The molecule has 0 fully saturated rings. The van der Waals surface area contributed by atoms with Gasteiger partial charge >= 0.3 is 0 Å². The maximum atomic E-state index is 11.9. The second-order valence-corrected chi connectivity index (χ2v) is 6.39. The van der Waals surface area contributed by atoms with Crippen LogP contribution >= 0.6 is 0 Å². The summed E-state index contributed by atoms with van der Waals surface area (Å²) in [5, 5.41) is 10.7. The highest BCUT2D eigenvalue weighted by molar-refractivity contribution is 5.87. The molecule has 0 atom stereocenters. The number of hydrogen-bond donors (Lipinski definition) is 1. The van der Waals surface area contributed by atoms with Crippen LogP contribution in [-0.4, -0.2) is 27.3 Å². The minimum absolute atomic E-state index is 0.00793. The van der Waals surface area contributed by atoms with Crippen LogP contribution in [0.4, 0.5) is 5.82 Å². The normalized spacial score (nSPS) is 13.3. The third-order valence-corrected chi connectivity index (χ3v) is 4.82. The number of hydrogen-bond acceptors (Lipinski definition) is 5. The number of nitrogens with two attached hydrogens (primary N) is 1. The fourth-order valence-electron chi connectivity index (χ4n) is 3.49. The van der Waals surface area contributed by atoms with Crippen molar-refractivity contribution in [3.63, 3.8) is 0 Å². The van der Waals surface area contributed by atoms with Crippen molar-refractivity contribution in [1.29, 1.82) is 5.26 Å². The molecule has 4 rings (SSSR count). The van der Waals surface area contributed by atoms with Crippen molar-refractivity contribution in [2.45, 2.75) is 19.9 Å². The summed E-state index contributed by atoms with van der Waals surface area (Å²) < 4.78 is 0. The van der Waals surface area contributed by atoms with E-state index in [2.05, 4.69) is 16.0 Å². The van der Waals surface area contributed by atoms with E-state index < -0.39 is 0 Å². The van der Waals surface area contributed by atoms with E-state index in [1.807, 2.05) is 30.3 Å². The third-order valence-electron chi connectivity index (χ3n) is 4.82. The Balaban J connectivity index is 1.98. The van der Waals surface area contributed by atoms with Crippen molar-refractivity contribution in [1.82, 2.24) is 14.9 Å². The average molecular weight is 343 g/mol. The number of nitriles is 1. The van der Waals surface area contributed by atoms with E-state index in [1.165, 1.54) is 0 Å². The molecule has 0 aliphatic carbocycles. The molecule has 6 heteroatoms. The van der Waals surface area contributed by atoms with Crippen LogP contribution in [0.25, 0.3) is 22.0 Å². The Kier molecular flexibility index (Phi) is 3.77. The van der Waals surface area contributed by atoms with Crippen molar-refractivity contribution in [2.75, 3.05) is 12.3 Å². The van der Waals surface area contributed by atoms with E-state index >= 15 is 0 Å². The molecule has 128 valence electrons. The van der Waals surface area contributed by atoms with Crippen LogP contribution in [0.15, 0.2) is 36.5 Å². The number of aromatic nitrogens is 2. The van der Waals surface area contributed by atoms with Crippen molar-refractivity contribution in [2.24, 2.45) is 0 Å². The van der Waals surface area contributed by atoms with E-state index in [1.54, 1.807) is 18.0 Å². The van der Waals surface area contributed by atoms with Crippen molar-refractivity contribution in [3.8, 4) is 17.2 Å². The van der Waals surface area contributed by atoms with E-state index in [9.17, 15) is 10.1 Å². The van der Waals surface area contributed by atoms with Crippen LogP contribution in [0.1, 0.15) is 23.7 Å². The molecular weight excluding hydrogens is 326 g/mol. The Morgan fingerprint density at radius 2 is 2.15 bits per heavy atom. The Morgan fingerprint density at radius 1 is 1.35 bits per heavy atom. The Morgan fingerprint density at radius 3 is 2.92 bits per heavy atom. The van der Waals surface area contributed by atoms with Gasteiger partial charge in [-0.3, -0.25) is 9.78 Å². The highest BCUT2D eigenvalue weighted by atomic mass is 16.2. The van der Waals surface area contributed by atoms with Gasteiger partial charge in [-0.15, -0.1) is 0 Å². The van der Waals surface area contributed by atoms with E-state index in [0.717, 1.165) is 33.3 Å². The van der Waals surface area contributed by atoms with Crippen molar-refractivity contribution < 1.29 is 4.79 Å². The van der Waals surface area contributed by atoms with E-state index in [4.69, 9.17) is 5.73 Å². The largest absolute Gasteiger partial charge is 0.383 e. The summed E-state index contributed by atoms with van der Waals surface area (Å²) in [7, 11) is 0. The number of nitrogens with zero attached hydrogens (tertiary/aromatic N) is 4. The van der Waals surface area contributed by atoms with Gasteiger partial charge < -0.3 is 10.6 Å². The number of carbonyl (C=O) groups is 1. The maximum Gasteiger partial charge on any atom is 0.219 e. The fraction of sp³-hybridized carbons (Fsp3) is 0.200. The summed E-state index contributed by atoms with van der Waals surface area (Å²) >= 11 is 0. The molecule has 1 aliphatic heterocycles. The third kappa shape index (κ3) is 2.54. The smallest absolute Gasteiger partial charge is 0.219 e. The van der Waals surface area contributed by atoms with Gasteiger partial charge in [-0.2, -0.15) is 5.26 Å². The Hall–Kier alpha value is -3.46. The van der Waals surface area contributed by atoms with Crippen LogP contribution in [0, 0.1) is 11.3 Å². The lowest BCUT2D eigenvalue weighted by molar-refractivity contribution is -0.129. The standard InChI is InChI=1S/C20H17N5O/c1-12(26)25-7-6-18-16(11-25)19(15(9-21)20(22)24-18)14-8-13-4-2-3-5-17(13)23-10-14/h2-5,8,10H,6-7,11H2,1H3,(H2,22,24). The number of anilines is 1. The van der Waals surface area contributed by atoms with Crippen molar-refractivity contribution in [3.05, 3.63) is 53.3 Å². The molecule has 3 heterocycles. The summed E-state index contributed by atoms with van der Waals surface area (Å²) in [5.74, 6) is 0.235. The lowest BCUT2D eigenvalue weighted by Gasteiger charge is -2.29. The van der Waals surface area contributed by atoms with Gasteiger partial charge in [0.15, 0.2) is 0 Å². The molecule has 2 aromatic heterocycles. The van der Waals surface area contributed by atoms with Crippen LogP contribution in [-0.2, 0) is 17.8 Å². The number of nitrogen functional groups attached to an aromatic ring is 1. The van der Waals surface area contributed by atoms with Gasteiger partial charge in [0, 0.05) is 54.7 Å². The summed E-state index contributed by atoms with van der Waals surface area (Å²) in [6, 6.07) is 12.0. The molecule has 6 nitrogen and oxygen atoms in total. The van der Waals surface area contributed by atoms with Crippen LogP contribution in [0.5, 0.6) is 0 Å². The number of para-hydroxylation sites is 1. The maximum absolute atomic E-state index is 11.9. The first-order valence-electron chi connectivity index (χ1n) is 8.40. The zero-order valence-corrected chi connectivity index (χ0v) is 14.4. The monoisotopic (exact) mass is 343 g/mol. The minimum Gasteiger partial charge on any atom is -0.383 e. The molecule has 1 amide bonds. The number of rotatable bonds is 1. The number of carbonyl (C=O) groups excluding carboxylic acids is 1. The quantitative estimate of drug-likeness (QED) is 0.733. The molecule has 0 bridgehead atoms. The molecule has 0 saturated heterocycles. The molecule has 0 unspecified atom stereocenters. The highest BCUT2D eigenvalue weighted by Crippen LogP contribution is 2.35. The predicted octanol–water partition coefficient (Wildman–Crippen LogP) is 2.66. The van der Waals surface area contributed by atoms with E-state index in [0.29, 0.717) is 25.1 Å². The van der Waals surface area contributed by atoms with Gasteiger partial charge in [0.1, 0.15) is 17.5 Å². The number of amides is 1. The molecule has 2 N–H and O–H groups in total. The predicted molar refractivity (Wildman–Crippen MR) is 98.9 cm³/mol. The summed E-state index contributed by atoms with van der Waals surface area (Å²) in [4.78, 5) is 22.6. The Labute approximate surface area is 150 Å². The molecular formula is C20H17N5O. The summed E-state index contributed by atoms with van der Waals surface area (Å²) in [5.41, 5.74) is 10.6. The van der Waals surface area contributed by atoms with Gasteiger partial charge in [0.25, 0.3) is 0 Å². The molecule has 0 saturated carbocycles. The topological polar surface area (TPSA) is 95.9 Å². The molecule has 26 heavy (non-hydrogen) atoms. The lowest BCUT2D eigenvalue weighted by Crippen LogP contribution is -2.35. The Bertz CT molecular complexity index is 1080. The SMILES string of the molecule is CC(=O)N1CCc2nc(N)c(C#N)c(-c3cnc4ccccc4c3)c2C1. The lowest BCUT2D eigenvalue weighted by atomic mass is 9.91. The summed E-state index contributed by atoms with van der Waals surface area (Å²) in [6.45, 7) is 2.59. The number of fused-ring (bicyclic) bond motifs is 2. The van der Waals surface area contributed by atoms with Gasteiger partial charge in [-0.25, -0.2) is 4.98 Å². The highest BCUT2D eigenvalue weighted by Gasteiger charge is 2.26. The molecule has 0 spiro atoms. The molecule has 1 aliphatic rings. The molecule has 0 radical (unpaired) electrons. The first kappa shape index (κ1) is 16.0. The van der Waals surface area contributed by atoms with Crippen LogP contribution in [0.3, 0.4) is 0 Å². The average Bonchev–Trinajstić information content (AvgIpc) is 2.66. The number of pyridine rings is 2. The van der Waals surface area contributed by atoms with Crippen molar-refractivity contribution >= 4 is 22.6 Å². The van der Waals surface area contributed by atoms with Crippen LogP contribution in [0.2, 0.25) is 0 Å². The zero-order chi connectivity index (χ0) is 18.3. The zero-order valence-electron chi connectivity index (χ0n) is 14.4. The minimum atomic E-state index is 0.00793. The second-order valence-electron chi connectivity index (χ2n) is 6.39. The van der Waals surface area contributed by atoms with Gasteiger partial charge in [0.05, 0.1) is 11.2 Å². The number of benzene rings is 1. The first-order valence-corrected chi connectivity index (χ1v) is 8.40. The fourth-order valence-corrected chi connectivity index (χ4v) is 3.49. The van der Waals surface area contributed by atoms with Crippen LogP contribution < -0.4 is 5.73 Å².